The maximum Gasteiger partial charge on any atom is 0.157 e. The van der Waals surface area contributed by atoms with Gasteiger partial charge in [0.2, 0.25) is 0 Å². The second-order valence-corrected chi connectivity index (χ2v) is 17.2. The zero-order valence-corrected chi connectivity index (χ0v) is 28.1. The Balaban J connectivity index is 1.16. The Morgan fingerprint density at radius 2 is 1.84 bits per heavy atom. The standard InChI is InChI=1S/C38H56O4S/c1-26(2)33(43(40)29-11-7-6-8-12-29)20-23-38(5,39)34-17-16-31-30-15-14-27-25-28(42-35-13-9-10-24-41-35)18-21-36(27,3)32(30)19-22-37(31,34)4/h6-8,11-12,14,20,23,26,28,30-35,39H,9-10,13,15-19,21-22,24-25H2,1-5H3/b23-20+/t28-,30-,31-,32-,33-,34-,35?,36-,37-,38-,43?/m0/s1. The molecule has 5 heteroatoms. The Kier molecular flexibility index (Phi) is 9.21. The van der Waals surface area contributed by atoms with Gasteiger partial charge in [0.25, 0.3) is 0 Å². The molecule has 1 aliphatic heterocycles. The van der Waals surface area contributed by atoms with Crippen LogP contribution < -0.4 is 0 Å². The quantitative estimate of drug-likeness (QED) is 0.300. The summed E-state index contributed by atoms with van der Waals surface area (Å²) < 4.78 is 25.9. The summed E-state index contributed by atoms with van der Waals surface area (Å²) in [4.78, 5) is 0.859. The summed E-state index contributed by atoms with van der Waals surface area (Å²) in [6, 6.07) is 9.78. The molecule has 0 amide bonds. The fourth-order valence-corrected chi connectivity index (χ4v) is 11.9. The van der Waals surface area contributed by atoms with E-state index in [1.807, 2.05) is 43.3 Å². The van der Waals surface area contributed by atoms with Crippen LogP contribution in [0.5, 0.6) is 0 Å². The number of hydrogen-bond acceptors (Lipinski definition) is 4. The fourth-order valence-electron chi connectivity index (χ4n) is 10.4. The summed E-state index contributed by atoms with van der Waals surface area (Å²) in [6.07, 6.45) is 19.8. The van der Waals surface area contributed by atoms with Crippen molar-refractivity contribution in [3.05, 3.63) is 54.1 Å². The molecule has 238 valence electrons. The summed E-state index contributed by atoms with van der Waals surface area (Å²) in [5, 5.41) is 12.0. The van der Waals surface area contributed by atoms with Crippen LogP contribution in [0.15, 0.2) is 59.0 Å². The normalized spacial score (nSPS) is 40.7. The second kappa shape index (κ2) is 12.5. The summed E-state index contributed by atoms with van der Waals surface area (Å²) in [5.74, 6) is 2.52. The minimum atomic E-state index is -1.15. The van der Waals surface area contributed by atoms with E-state index >= 15 is 0 Å². The van der Waals surface area contributed by atoms with Crippen molar-refractivity contribution in [1.82, 2.24) is 0 Å². The molecule has 2 unspecified atom stereocenters. The summed E-state index contributed by atoms with van der Waals surface area (Å²) in [5.41, 5.74) is 1.14. The highest BCUT2D eigenvalue weighted by molar-refractivity contribution is 7.85. The van der Waals surface area contributed by atoms with Gasteiger partial charge in [-0.15, -0.1) is 0 Å². The van der Waals surface area contributed by atoms with E-state index in [1.54, 1.807) is 5.57 Å². The van der Waals surface area contributed by atoms with Gasteiger partial charge in [-0.25, -0.2) is 0 Å². The Morgan fingerprint density at radius 3 is 2.56 bits per heavy atom. The Labute approximate surface area is 263 Å². The third-order valence-electron chi connectivity index (χ3n) is 12.7. The first-order chi connectivity index (χ1) is 20.5. The van der Waals surface area contributed by atoms with Crippen LogP contribution in [0.2, 0.25) is 0 Å². The van der Waals surface area contributed by atoms with Crippen molar-refractivity contribution in [2.45, 2.75) is 133 Å². The largest absolute Gasteiger partial charge is 0.386 e. The molecule has 0 spiro atoms. The van der Waals surface area contributed by atoms with E-state index in [-0.39, 0.29) is 34.2 Å². The van der Waals surface area contributed by atoms with Crippen molar-refractivity contribution >= 4 is 10.8 Å². The van der Waals surface area contributed by atoms with E-state index in [9.17, 15) is 9.32 Å². The van der Waals surface area contributed by atoms with Gasteiger partial charge >= 0.3 is 0 Å². The molecule has 6 rings (SSSR count). The SMILES string of the molecule is CC(C)[C@H](/C=C/[C@](C)(O)[C@H]1CC[C@H]2[C@@H]3CC=C4C[C@@H](OC5CCCCO5)CC[C@]4(C)[C@H]3CC[C@@]21C)S(=O)c1ccccc1. The van der Waals surface area contributed by atoms with E-state index < -0.39 is 16.4 Å². The molecule has 1 N–H and O–H groups in total. The van der Waals surface area contributed by atoms with Gasteiger partial charge in [-0.3, -0.25) is 4.21 Å². The summed E-state index contributed by atoms with van der Waals surface area (Å²) >= 11 is 0. The molecule has 43 heavy (non-hydrogen) atoms. The lowest BCUT2D eigenvalue weighted by molar-refractivity contribution is -0.195. The van der Waals surface area contributed by atoms with Gasteiger partial charge in [-0.1, -0.05) is 69.7 Å². The van der Waals surface area contributed by atoms with Gasteiger partial charge in [-0.2, -0.15) is 0 Å². The van der Waals surface area contributed by atoms with Crippen molar-refractivity contribution in [3.8, 4) is 0 Å². The molecule has 5 aliphatic rings. The highest BCUT2D eigenvalue weighted by Crippen LogP contribution is 2.67. The van der Waals surface area contributed by atoms with Crippen LogP contribution in [0.4, 0.5) is 0 Å². The lowest BCUT2D eigenvalue weighted by Gasteiger charge is -2.59. The van der Waals surface area contributed by atoms with E-state index in [2.05, 4.69) is 39.8 Å². The van der Waals surface area contributed by atoms with Crippen molar-refractivity contribution in [1.29, 1.82) is 0 Å². The molecule has 1 saturated heterocycles. The number of ether oxygens (including phenoxy) is 2. The first-order valence-corrected chi connectivity index (χ1v) is 18.6. The molecule has 4 nitrogen and oxygen atoms in total. The van der Waals surface area contributed by atoms with Gasteiger partial charge in [0, 0.05) is 11.5 Å². The van der Waals surface area contributed by atoms with E-state index in [0.29, 0.717) is 17.9 Å². The van der Waals surface area contributed by atoms with Gasteiger partial charge < -0.3 is 14.6 Å². The molecule has 11 atom stereocenters. The van der Waals surface area contributed by atoms with Gasteiger partial charge in [-0.05, 0) is 130 Å². The average Bonchev–Trinajstić information content (AvgIpc) is 3.36. The lowest BCUT2D eigenvalue weighted by Crippen LogP contribution is -2.53. The van der Waals surface area contributed by atoms with E-state index in [4.69, 9.17) is 9.47 Å². The minimum absolute atomic E-state index is 0.00171. The molecule has 4 fully saturated rings. The maximum absolute atomic E-state index is 13.5. The summed E-state index contributed by atoms with van der Waals surface area (Å²) in [7, 11) is -1.15. The maximum atomic E-state index is 13.5. The molecular weight excluding hydrogens is 552 g/mol. The topological polar surface area (TPSA) is 55.8 Å². The second-order valence-electron chi connectivity index (χ2n) is 15.6. The monoisotopic (exact) mass is 608 g/mol. The molecule has 1 aromatic carbocycles. The Hall–Kier alpha value is -1.27. The average molecular weight is 609 g/mol. The van der Waals surface area contributed by atoms with E-state index in [1.165, 1.54) is 38.5 Å². The highest BCUT2D eigenvalue weighted by Gasteiger charge is 2.61. The molecule has 1 heterocycles. The van der Waals surface area contributed by atoms with Crippen LogP contribution in [0.3, 0.4) is 0 Å². The fraction of sp³-hybridized carbons (Fsp3) is 0.737. The lowest BCUT2D eigenvalue weighted by atomic mass is 9.46. The van der Waals surface area contributed by atoms with Crippen LogP contribution in [0, 0.1) is 40.4 Å². The molecule has 0 radical (unpaired) electrons. The van der Waals surface area contributed by atoms with E-state index in [0.717, 1.165) is 49.5 Å². The minimum Gasteiger partial charge on any atom is -0.386 e. The zero-order valence-electron chi connectivity index (χ0n) is 27.3. The highest BCUT2D eigenvalue weighted by atomic mass is 32.2. The van der Waals surface area contributed by atoms with Gasteiger partial charge in [0.1, 0.15) is 0 Å². The van der Waals surface area contributed by atoms with Crippen LogP contribution >= 0.6 is 0 Å². The molecule has 0 bridgehead atoms. The molecule has 1 aromatic rings. The van der Waals surface area contributed by atoms with Crippen LogP contribution in [-0.2, 0) is 20.3 Å². The smallest absolute Gasteiger partial charge is 0.157 e. The Bertz CT molecular complexity index is 1200. The summed E-state index contributed by atoms with van der Waals surface area (Å²) in [6.45, 7) is 12.2. The van der Waals surface area contributed by atoms with Crippen LogP contribution in [0.1, 0.15) is 105 Å². The third kappa shape index (κ3) is 6.02. The van der Waals surface area contributed by atoms with Crippen LogP contribution in [0.25, 0.3) is 0 Å². The third-order valence-corrected chi connectivity index (χ3v) is 14.7. The van der Waals surface area contributed by atoms with Crippen molar-refractivity contribution < 1.29 is 18.8 Å². The predicted octanol–water partition coefficient (Wildman–Crippen LogP) is 8.62. The van der Waals surface area contributed by atoms with Crippen LogP contribution in [-0.4, -0.2) is 39.2 Å². The Morgan fingerprint density at radius 1 is 1.05 bits per heavy atom. The zero-order chi connectivity index (χ0) is 30.4. The van der Waals surface area contributed by atoms with Crippen molar-refractivity contribution in [3.63, 3.8) is 0 Å². The van der Waals surface area contributed by atoms with Crippen molar-refractivity contribution in [2.75, 3.05) is 6.61 Å². The number of hydrogen-bond donors (Lipinski definition) is 1. The number of rotatable bonds is 8. The number of fused-ring (bicyclic) bond motifs is 5. The molecule has 3 saturated carbocycles. The predicted molar refractivity (Wildman–Crippen MR) is 175 cm³/mol. The number of benzene rings is 1. The molecule has 0 aromatic heterocycles. The number of allylic oxidation sites excluding steroid dienone is 1. The first kappa shape index (κ1) is 31.7. The van der Waals surface area contributed by atoms with Crippen molar-refractivity contribution in [2.24, 2.45) is 40.4 Å². The first-order valence-electron chi connectivity index (χ1n) is 17.4. The van der Waals surface area contributed by atoms with Gasteiger partial charge in [0.05, 0.1) is 27.8 Å². The molecule has 4 aliphatic carbocycles. The number of aliphatic hydroxyl groups is 1. The molecular formula is C38H56O4S. The van der Waals surface area contributed by atoms with Gasteiger partial charge in [0.15, 0.2) is 6.29 Å².